The van der Waals surface area contributed by atoms with Gasteiger partial charge in [0, 0.05) is 5.69 Å². The third-order valence-corrected chi connectivity index (χ3v) is 3.16. The van der Waals surface area contributed by atoms with Crippen molar-refractivity contribution in [1.29, 1.82) is 0 Å². The number of rotatable bonds is 4. The molecule has 0 saturated carbocycles. The van der Waals surface area contributed by atoms with Crippen LogP contribution in [0.25, 0.3) is 0 Å². The first-order valence-corrected chi connectivity index (χ1v) is 6.99. The Hall–Kier alpha value is -1.06. The summed E-state index contributed by atoms with van der Waals surface area (Å²) in [7, 11) is 0. The molecular weight excluding hydrogens is 252 g/mol. The Morgan fingerprint density at radius 1 is 1.12 bits per heavy atom. The van der Waals surface area contributed by atoms with Crippen molar-refractivity contribution in [2.75, 3.05) is 6.26 Å². The van der Waals surface area contributed by atoms with Crippen molar-refractivity contribution in [1.82, 2.24) is 9.97 Å². The van der Waals surface area contributed by atoms with Crippen molar-refractivity contribution < 1.29 is 0 Å². The fourth-order valence-electron chi connectivity index (χ4n) is 1.58. The molecule has 0 unspecified atom stereocenters. The van der Waals surface area contributed by atoms with E-state index in [0.29, 0.717) is 5.15 Å². The number of aryl methyl sites for hydroxylation is 2. The molecule has 2 aromatic rings. The summed E-state index contributed by atoms with van der Waals surface area (Å²) in [5.74, 6) is 0. The van der Waals surface area contributed by atoms with Crippen LogP contribution in [0.5, 0.6) is 0 Å². The van der Waals surface area contributed by atoms with Crippen LogP contribution in [0, 0.1) is 0 Å². The van der Waals surface area contributed by atoms with E-state index in [1.807, 2.05) is 18.4 Å². The fraction of sp³-hybridized carbons (Fsp3) is 0.231. The van der Waals surface area contributed by atoms with Crippen molar-refractivity contribution in [2.45, 2.75) is 18.0 Å². The number of halogens is 1. The molecule has 2 rings (SSSR count). The van der Waals surface area contributed by atoms with E-state index < -0.39 is 0 Å². The van der Waals surface area contributed by atoms with Gasteiger partial charge < -0.3 is 0 Å². The topological polar surface area (TPSA) is 25.8 Å². The Morgan fingerprint density at radius 2 is 1.88 bits per heavy atom. The Balaban J connectivity index is 2.06. The quantitative estimate of drug-likeness (QED) is 0.479. The van der Waals surface area contributed by atoms with Gasteiger partial charge >= 0.3 is 0 Å². The van der Waals surface area contributed by atoms with E-state index in [2.05, 4.69) is 34.2 Å². The third-order valence-electron chi connectivity index (χ3n) is 2.42. The smallest absolute Gasteiger partial charge is 0.188 e. The molecule has 0 N–H and O–H groups in total. The van der Waals surface area contributed by atoms with Crippen molar-refractivity contribution in [2.24, 2.45) is 0 Å². The van der Waals surface area contributed by atoms with E-state index in [1.165, 1.54) is 17.3 Å². The van der Waals surface area contributed by atoms with E-state index in [-0.39, 0.29) is 0 Å². The van der Waals surface area contributed by atoms with Crippen molar-refractivity contribution in [3.8, 4) is 0 Å². The summed E-state index contributed by atoms with van der Waals surface area (Å²) in [6.45, 7) is 0. The van der Waals surface area contributed by atoms with Crippen LogP contribution < -0.4 is 0 Å². The van der Waals surface area contributed by atoms with Crippen LogP contribution in [-0.2, 0) is 12.8 Å². The van der Waals surface area contributed by atoms with Gasteiger partial charge in [-0.2, -0.15) is 0 Å². The summed E-state index contributed by atoms with van der Waals surface area (Å²) in [4.78, 5) is 8.56. The monoisotopic (exact) mass is 264 g/mol. The molecule has 88 valence electrons. The molecule has 0 aliphatic carbocycles. The van der Waals surface area contributed by atoms with Crippen molar-refractivity contribution in [3.05, 3.63) is 52.8 Å². The summed E-state index contributed by atoms with van der Waals surface area (Å²) >= 11 is 7.46. The minimum atomic E-state index is 0.521. The summed E-state index contributed by atoms with van der Waals surface area (Å²) in [5.41, 5.74) is 2.31. The average molecular weight is 265 g/mol. The van der Waals surface area contributed by atoms with Gasteiger partial charge in [-0.3, -0.25) is 0 Å². The van der Waals surface area contributed by atoms with E-state index in [9.17, 15) is 0 Å². The highest BCUT2D eigenvalue weighted by molar-refractivity contribution is 7.98. The Kier molecular flexibility index (Phi) is 4.40. The lowest BCUT2D eigenvalue weighted by Gasteiger charge is -2.03. The second-order valence-corrected chi connectivity index (χ2v) is 4.81. The normalized spacial score (nSPS) is 10.5. The number of benzene rings is 1. The Labute approximate surface area is 110 Å². The first-order chi connectivity index (χ1) is 8.28. The molecule has 0 bridgehead atoms. The highest BCUT2D eigenvalue weighted by Crippen LogP contribution is 2.15. The molecule has 1 aromatic heterocycles. The molecule has 1 aromatic carbocycles. The average Bonchev–Trinajstić information content (AvgIpc) is 2.37. The van der Waals surface area contributed by atoms with Crippen LogP contribution in [0.15, 0.2) is 41.6 Å². The van der Waals surface area contributed by atoms with Crippen LogP contribution in [-0.4, -0.2) is 16.2 Å². The lowest BCUT2D eigenvalue weighted by molar-refractivity contribution is 0.846. The van der Waals surface area contributed by atoms with E-state index >= 15 is 0 Å². The van der Waals surface area contributed by atoms with Crippen LogP contribution in [0.3, 0.4) is 0 Å². The maximum atomic E-state index is 5.95. The largest absolute Gasteiger partial charge is 0.228 e. The zero-order valence-electron chi connectivity index (χ0n) is 9.56. The SMILES string of the molecule is CSc1nc(Cl)cc(CCc2ccccc2)n1. The third kappa shape index (κ3) is 3.72. The van der Waals surface area contributed by atoms with Gasteiger partial charge in [-0.1, -0.05) is 53.7 Å². The highest BCUT2D eigenvalue weighted by atomic mass is 35.5. The first kappa shape index (κ1) is 12.4. The van der Waals surface area contributed by atoms with Gasteiger partial charge in [0.05, 0.1) is 0 Å². The Morgan fingerprint density at radius 3 is 2.59 bits per heavy atom. The van der Waals surface area contributed by atoms with Crippen LogP contribution >= 0.6 is 23.4 Å². The first-order valence-electron chi connectivity index (χ1n) is 5.39. The predicted molar refractivity (Wildman–Crippen MR) is 72.7 cm³/mol. The van der Waals surface area contributed by atoms with Gasteiger partial charge in [-0.05, 0) is 30.7 Å². The summed E-state index contributed by atoms with van der Waals surface area (Å²) in [6, 6.07) is 12.2. The minimum Gasteiger partial charge on any atom is -0.228 e. The summed E-state index contributed by atoms with van der Waals surface area (Å²) in [6.07, 6.45) is 3.81. The lowest BCUT2D eigenvalue weighted by atomic mass is 10.1. The summed E-state index contributed by atoms with van der Waals surface area (Å²) in [5, 5.41) is 1.26. The van der Waals surface area contributed by atoms with Gasteiger partial charge in [0.15, 0.2) is 5.16 Å². The van der Waals surface area contributed by atoms with Crippen molar-refractivity contribution >= 4 is 23.4 Å². The molecule has 0 saturated heterocycles. The van der Waals surface area contributed by atoms with Gasteiger partial charge in [0.25, 0.3) is 0 Å². The number of hydrogen-bond acceptors (Lipinski definition) is 3. The second-order valence-electron chi connectivity index (χ2n) is 3.65. The molecule has 4 heteroatoms. The van der Waals surface area contributed by atoms with Gasteiger partial charge in [-0.25, -0.2) is 9.97 Å². The maximum absolute atomic E-state index is 5.95. The molecule has 1 heterocycles. The van der Waals surface area contributed by atoms with Gasteiger partial charge in [-0.15, -0.1) is 0 Å². The van der Waals surface area contributed by atoms with Crippen LogP contribution in [0.1, 0.15) is 11.3 Å². The molecule has 0 spiro atoms. The zero-order chi connectivity index (χ0) is 12.1. The molecule has 0 amide bonds. The molecule has 2 nitrogen and oxygen atoms in total. The number of aromatic nitrogens is 2. The van der Waals surface area contributed by atoms with Crippen molar-refractivity contribution in [3.63, 3.8) is 0 Å². The molecule has 0 aliphatic rings. The summed E-state index contributed by atoms with van der Waals surface area (Å²) < 4.78 is 0. The van der Waals surface area contributed by atoms with Crippen LogP contribution in [0.4, 0.5) is 0 Å². The lowest BCUT2D eigenvalue weighted by Crippen LogP contribution is -1.97. The van der Waals surface area contributed by atoms with E-state index in [0.717, 1.165) is 23.7 Å². The highest BCUT2D eigenvalue weighted by Gasteiger charge is 2.02. The second kappa shape index (κ2) is 6.03. The molecule has 0 fully saturated rings. The minimum absolute atomic E-state index is 0.521. The van der Waals surface area contributed by atoms with E-state index in [4.69, 9.17) is 11.6 Å². The Bertz CT molecular complexity index is 488. The number of hydrogen-bond donors (Lipinski definition) is 0. The maximum Gasteiger partial charge on any atom is 0.188 e. The standard InChI is InChI=1S/C13H13ClN2S/c1-17-13-15-11(9-12(14)16-13)8-7-10-5-3-2-4-6-10/h2-6,9H,7-8H2,1H3. The van der Waals surface area contributed by atoms with E-state index in [1.54, 1.807) is 0 Å². The van der Waals surface area contributed by atoms with Gasteiger partial charge in [0.2, 0.25) is 0 Å². The molecule has 0 atom stereocenters. The molecule has 17 heavy (non-hydrogen) atoms. The molecule has 0 radical (unpaired) electrons. The molecular formula is C13H13ClN2S. The number of thioether (sulfide) groups is 1. The predicted octanol–water partition coefficient (Wildman–Crippen LogP) is 3.64. The van der Waals surface area contributed by atoms with Gasteiger partial charge in [0.1, 0.15) is 5.15 Å². The fourth-order valence-corrected chi connectivity index (χ4v) is 2.23. The zero-order valence-corrected chi connectivity index (χ0v) is 11.1. The number of nitrogens with zero attached hydrogens (tertiary/aromatic N) is 2. The molecule has 0 aliphatic heterocycles. The van der Waals surface area contributed by atoms with Crippen LogP contribution in [0.2, 0.25) is 5.15 Å².